The lowest BCUT2D eigenvalue weighted by atomic mass is 9.81. The minimum atomic E-state index is -5.10. The summed E-state index contributed by atoms with van der Waals surface area (Å²) in [7, 11) is 1.31. The molecule has 2 atom stereocenters. The maximum Gasteiger partial charge on any atom is 0.416 e. The average molecular weight is 726 g/mol. The third-order valence-corrected chi connectivity index (χ3v) is 9.06. The van der Waals surface area contributed by atoms with Crippen LogP contribution in [0.15, 0.2) is 48.7 Å². The van der Waals surface area contributed by atoms with Gasteiger partial charge < -0.3 is 19.6 Å². The van der Waals surface area contributed by atoms with Crippen molar-refractivity contribution in [3.63, 3.8) is 0 Å². The minimum absolute atomic E-state index is 0. The molecule has 0 aliphatic carbocycles. The van der Waals surface area contributed by atoms with Crippen molar-refractivity contribution in [2.24, 2.45) is 0 Å². The molecule has 0 saturated carbocycles. The van der Waals surface area contributed by atoms with Crippen molar-refractivity contribution in [1.82, 2.24) is 9.88 Å². The van der Waals surface area contributed by atoms with E-state index in [1.165, 1.54) is 33.2 Å². The number of piperazine rings is 1. The lowest BCUT2D eigenvalue weighted by Crippen LogP contribution is -2.63. The van der Waals surface area contributed by atoms with Crippen LogP contribution in [0.5, 0.6) is 0 Å². The summed E-state index contributed by atoms with van der Waals surface area (Å²) in [6, 6.07) is 5.97. The number of halogens is 9. The van der Waals surface area contributed by atoms with Crippen LogP contribution in [-0.4, -0.2) is 79.5 Å². The molecule has 0 bridgehead atoms. The zero-order valence-corrected chi connectivity index (χ0v) is 27.6. The van der Waals surface area contributed by atoms with Crippen molar-refractivity contribution in [2.45, 2.75) is 43.7 Å². The van der Waals surface area contributed by atoms with E-state index in [9.17, 15) is 40.6 Å². The Hall–Kier alpha value is -3.17. The number of nitrogens with zero attached hydrogens (tertiary/aromatic N) is 4. The van der Waals surface area contributed by atoms with E-state index in [-0.39, 0.29) is 47.9 Å². The fourth-order valence-corrected chi connectivity index (χ4v) is 6.30. The molecule has 1 amide bonds. The van der Waals surface area contributed by atoms with Crippen LogP contribution in [0.4, 0.5) is 42.2 Å². The number of amides is 1. The van der Waals surface area contributed by atoms with Crippen LogP contribution in [0.25, 0.3) is 11.1 Å². The number of morpholine rings is 1. The summed E-state index contributed by atoms with van der Waals surface area (Å²) in [6.07, 6.45) is -8.87. The van der Waals surface area contributed by atoms with Crippen LogP contribution < -0.4 is 9.80 Å². The van der Waals surface area contributed by atoms with Crippen LogP contribution in [-0.2, 0) is 27.3 Å². The summed E-state index contributed by atoms with van der Waals surface area (Å²) in [5.74, 6) is -1.07. The Morgan fingerprint density at radius 3 is 2.21 bits per heavy atom. The standard InChI is InChI=1S/C32H32ClF7N4O3.ClH/c1-30(2,18-8-19(31(35,36)37)10-20(9-18)32(38,39)40)29(46)42(3)27-13-41-28(12-25(27)24-5-4-21(34)11-26(24)33)44-15-23-17-47-7-6-43(23)14-22(44)16-45;/h4-5,8-13,22-23,45H,6-7,14-17H2,1-3H3;1H/t22-,23-;/m0./s1. The Morgan fingerprint density at radius 1 is 1.00 bits per heavy atom. The van der Waals surface area contributed by atoms with E-state index in [0.717, 1.165) is 17.0 Å². The van der Waals surface area contributed by atoms with Crippen LogP contribution in [0.1, 0.15) is 30.5 Å². The van der Waals surface area contributed by atoms with Gasteiger partial charge in [0.15, 0.2) is 0 Å². The molecule has 16 heteroatoms. The molecular weight excluding hydrogens is 692 g/mol. The van der Waals surface area contributed by atoms with E-state index in [0.29, 0.717) is 61.9 Å². The number of aliphatic hydroxyl groups is 1. The zero-order chi connectivity index (χ0) is 34.5. The Bertz CT molecular complexity index is 1620. The van der Waals surface area contributed by atoms with Gasteiger partial charge in [0.05, 0.1) is 65.4 Å². The van der Waals surface area contributed by atoms with Gasteiger partial charge in [-0.25, -0.2) is 9.37 Å². The Kier molecular flexibility index (Phi) is 11.0. The molecule has 2 aliphatic rings. The Balaban J connectivity index is 0.00000520. The van der Waals surface area contributed by atoms with Crippen molar-refractivity contribution in [3.05, 3.63) is 76.2 Å². The number of benzene rings is 2. The summed E-state index contributed by atoms with van der Waals surface area (Å²) < 4.78 is 102. The third kappa shape index (κ3) is 7.52. The van der Waals surface area contributed by atoms with E-state index >= 15 is 0 Å². The van der Waals surface area contributed by atoms with Gasteiger partial charge in [-0.15, -0.1) is 12.4 Å². The number of carbonyl (C=O) groups excluding carboxylic acids is 1. The fourth-order valence-electron chi connectivity index (χ4n) is 6.03. The number of fused-ring (bicyclic) bond motifs is 1. The van der Waals surface area contributed by atoms with Crippen LogP contribution in [0.3, 0.4) is 0 Å². The number of ether oxygens (including phenoxy) is 1. The van der Waals surface area contributed by atoms with Crippen LogP contribution in [0.2, 0.25) is 5.02 Å². The number of alkyl halides is 6. The predicted octanol–water partition coefficient (Wildman–Crippen LogP) is 6.82. The van der Waals surface area contributed by atoms with Crippen LogP contribution >= 0.6 is 24.0 Å². The zero-order valence-electron chi connectivity index (χ0n) is 26.0. The number of likely N-dealkylation sites (N-methyl/N-ethyl adjacent to an activating group) is 1. The second-order valence-corrected chi connectivity index (χ2v) is 12.6. The molecular formula is C32H33Cl2F7N4O3. The van der Waals surface area contributed by atoms with Crippen molar-refractivity contribution < 1.29 is 45.4 Å². The molecule has 0 unspecified atom stereocenters. The molecule has 48 heavy (non-hydrogen) atoms. The summed E-state index contributed by atoms with van der Waals surface area (Å²) in [6.45, 7) is 5.00. The Morgan fingerprint density at radius 2 is 1.62 bits per heavy atom. The van der Waals surface area contributed by atoms with Gasteiger partial charge in [-0.05, 0) is 61.9 Å². The first-order valence-corrected chi connectivity index (χ1v) is 15.0. The van der Waals surface area contributed by atoms with Gasteiger partial charge in [-0.1, -0.05) is 11.6 Å². The third-order valence-electron chi connectivity index (χ3n) is 8.75. The smallest absolute Gasteiger partial charge is 0.394 e. The van der Waals surface area contributed by atoms with Gasteiger partial charge in [-0.2, -0.15) is 26.3 Å². The van der Waals surface area contributed by atoms with Gasteiger partial charge in [0, 0.05) is 37.8 Å². The van der Waals surface area contributed by atoms with E-state index in [2.05, 4.69) is 9.88 Å². The van der Waals surface area contributed by atoms with Gasteiger partial charge in [-0.3, -0.25) is 9.69 Å². The minimum Gasteiger partial charge on any atom is -0.394 e. The molecule has 2 aliphatic heterocycles. The maximum atomic E-state index is 14.1. The Labute approximate surface area is 283 Å². The molecule has 7 nitrogen and oxygen atoms in total. The molecule has 1 N–H and O–H groups in total. The van der Waals surface area contributed by atoms with Crippen molar-refractivity contribution in [2.75, 3.05) is 56.3 Å². The number of aromatic nitrogens is 1. The quantitative estimate of drug-likeness (QED) is 0.282. The number of pyridine rings is 1. The van der Waals surface area contributed by atoms with E-state index < -0.39 is 46.2 Å². The van der Waals surface area contributed by atoms with Gasteiger partial charge >= 0.3 is 12.4 Å². The van der Waals surface area contributed by atoms with Crippen LogP contribution in [0, 0.1) is 5.82 Å². The monoisotopic (exact) mass is 724 g/mol. The first-order valence-electron chi connectivity index (χ1n) is 14.6. The second-order valence-electron chi connectivity index (χ2n) is 12.2. The summed E-state index contributed by atoms with van der Waals surface area (Å²) in [5, 5.41) is 10.2. The molecule has 2 saturated heterocycles. The average Bonchev–Trinajstić information content (AvgIpc) is 3.02. The largest absolute Gasteiger partial charge is 0.416 e. The van der Waals surface area contributed by atoms with Gasteiger partial charge in [0.25, 0.3) is 0 Å². The summed E-state index contributed by atoms with van der Waals surface area (Å²) in [5.41, 5.74) is -4.77. The van der Waals surface area contributed by atoms with E-state index in [4.69, 9.17) is 16.3 Å². The number of hydrogen-bond acceptors (Lipinski definition) is 6. The lowest BCUT2D eigenvalue weighted by Gasteiger charge is -2.48. The number of rotatable bonds is 6. The summed E-state index contributed by atoms with van der Waals surface area (Å²) >= 11 is 6.46. The molecule has 3 aromatic rings. The molecule has 3 heterocycles. The van der Waals surface area contributed by atoms with E-state index in [1.807, 2.05) is 4.90 Å². The molecule has 5 rings (SSSR count). The molecule has 2 fully saturated rings. The van der Waals surface area contributed by atoms with Crippen molar-refractivity contribution in [3.8, 4) is 11.1 Å². The van der Waals surface area contributed by atoms with Gasteiger partial charge in [0.1, 0.15) is 11.6 Å². The normalized spacial score (nSPS) is 19.0. The molecule has 2 aromatic carbocycles. The van der Waals surface area contributed by atoms with Gasteiger partial charge in [0.2, 0.25) is 5.91 Å². The first-order chi connectivity index (χ1) is 21.9. The highest BCUT2D eigenvalue weighted by molar-refractivity contribution is 6.33. The first kappa shape index (κ1) is 37.6. The number of hydrogen-bond donors (Lipinski definition) is 1. The second kappa shape index (κ2) is 14.0. The summed E-state index contributed by atoms with van der Waals surface area (Å²) in [4.78, 5) is 23.8. The topological polar surface area (TPSA) is 69.1 Å². The lowest BCUT2D eigenvalue weighted by molar-refractivity contribution is -0.143. The molecule has 0 radical (unpaired) electrons. The van der Waals surface area contributed by atoms with Crippen molar-refractivity contribution in [1.29, 1.82) is 0 Å². The molecule has 262 valence electrons. The SMILES string of the molecule is CN(C(=O)C(C)(C)c1cc(C(F)(F)F)cc(C(F)(F)F)c1)c1cnc(N2C[C@H]3COCCN3C[C@H]2CO)cc1-c1ccc(F)cc1Cl.Cl. The van der Waals surface area contributed by atoms with E-state index in [1.54, 1.807) is 6.07 Å². The highest BCUT2D eigenvalue weighted by Crippen LogP contribution is 2.42. The van der Waals surface area contributed by atoms with Crippen molar-refractivity contribution >= 4 is 41.4 Å². The highest BCUT2D eigenvalue weighted by Gasteiger charge is 2.42. The maximum absolute atomic E-state index is 14.1. The predicted molar refractivity (Wildman–Crippen MR) is 169 cm³/mol. The number of aliphatic hydroxyl groups excluding tert-OH is 1. The number of carbonyl (C=O) groups is 1. The number of anilines is 2. The molecule has 0 spiro atoms. The fraction of sp³-hybridized carbons (Fsp3) is 0.438. The molecule has 1 aromatic heterocycles. The highest BCUT2D eigenvalue weighted by atomic mass is 35.5.